The van der Waals surface area contributed by atoms with Gasteiger partial charge in [0.2, 0.25) is 5.95 Å². The Labute approximate surface area is 194 Å². The molecule has 0 aliphatic rings. The van der Waals surface area contributed by atoms with Crippen molar-refractivity contribution in [3.8, 4) is 5.82 Å². The summed E-state index contributed by atoms with van der Waals surface area (Å²) in [6.45, 7) is 1.81. The molecule has 3 N–H and O–H groups in total. The van der Waals surface area contributed by atoms with Crippen LogP contribution in [-0.4, -0.2) is 30.5 Å². The monoisotopic (exact) mass is 466 g/mol. The predicted octanol–water partition coefficient (Wildman–Crippen LogP) is 3.93. The van der Waals surface area contributed by atoms with Crippen molar-refractivity contribution in [3.05, 3.63) is 94.4 Å². The fraction of sp³-hybridized carbons (Fsp3) is 0.130. The van der Waals surface area contributed by atoms with Crippen molar-refractivity contribution in [2.75, 3.05) is 5.32 Å². The van der Waals surface area contributed by atoms with E-state index in [4.69, 9.17) is 11.6 Å². The van der Waals surface area contributed by atoms with E-state index >= 15 is 0 Å². The summed E-state index contributed by atoms with van der Waals surface area (Å²) in [5.74, 6) is 0.144. The molecule has 0 saturated carbocycles. The van der Waals surface area contributed by atoms with Crippen molar-refractivity contribution < 1.29 is 14.3 Å². The number of nitrogens with one attached hydrogen (secondary N) is 2. The van der Waals surface area contributed by atoms with Gasteiger partial charge in [0.25, 0.3) is 5.91 Å². The molecule has 0 saturated heterocycles. The predicted molar refractivity (Wildman–Crippen MR) is 122 cm³/mol. The molecule has 10 heteroatoms. The van der Waals surface area contributed by atoms with Gasteiger partial charge in [0.05, 0.1) is 6.61 Å². The highest BCUT2D eigenvalue weighted by molar-refractivity contribution is 6.31. The lowest BCUT2D eigenvalue weighted by Gasteiger charge is -2.10. The van der Waals surface area contributed by atoms with Crippen LogP contribution in [0, 0.1) is 12.7 Å². The first-order valence-corrected chi connectivity index (χ1v) is 10.4. The minimum atomic E-state index is -0.381. The lowest BCUT2D eigenvalue weighted by atomic mass is 10.1. The maximum absolute atomic E-state index is 13.1. The van der Waals surface area contributed by atoms with Gasteiger partial charge in [-0.3, -0.25) is 9.36 Å². The highest BCUT2D eigenvalue weighted by atomic mass is 35.5. The number of amides is 1. The molecule has 0 aliphatic heterocycles. The van der Waals surface area contributed by atoms with Crippen LogP contribution in [0.25, 0.3) is 5.82 Å². The van der Waals surface area contributed by atoms with Gasteiger partial charge in [-0.25, -0.2) is 14.4 Å². The van der Waals surface area contributed by atoms with Crippen LogP contribution in [0.4, 0.5) is 16.0 Å². The van der Waals surface area contributed by atoms with Crippen molar-refractivity contribution in [2.24, 2.45) is 0 Å². The number of halogens is 2. The number of carbonyl (C=O) groups excluding carboxylic acids is 1. The van der Waals surface area contributed by atoms with Crippen LogP contribution < -0.4 is 10.6 Å². The number of benzene rings is 2. The molecule has 8 nitrogen and oxygen atoms in total. The van der Waals surface area contributed by atoms with Gasteiger partial charge < -0.3 is 15.7 Å². The zero-order valence-electron chi connectivity index (χ0n) is 17.6. The van der Waals surface area contributed by atoms with Crippen molar-refractivity contribution in [1.29, 1.82) is 0 Å². The number of hydrogen-bond donors (Lipinski definition) is 3. The average Bonchev–Trinajstić information content (AvgIpc) is 3.30. The summed E-state index contributed by atoms with van der Waals surface area (Å²) >= 11 is 6.10. The quantitative estimate of drug-likeness (QED) is 0.381. The van der Waals surface area contributed by atoms with Crippen molar-refractivity contribution >= 4 is 29.1 Å². The van der Waals surface area contributed by atoms with E-state index in [1.54, 1.807) is 47.3 Å². The molecule has 4 aromatic rings. The average molecular weight is 467 g/mol. The zero-order valence-corrected chi connectivity index (χ0v) is 18.3. The summed E-state index contributed by atoms with van der Waals surface area (Å²) in [6, 6.07) is 11.1. The minimum Gasteiger partial charge on any atom is -0.392 e. The van der Waals surface area contributed by atoms with Crippen LogP contribution in [-0.2, 0) is 13.2 Å². The van der Waals surface area contributed by atoms with Crippen LogP contribution in [0.5, 0.6) is 0 Å². The van der Waals surface area contributed by atoms with Gasteiger partial charge in [-0.05, 0) is 42.8 Å². The summed E-state index contributed by atoms with van der Waals surface area (Å²) < 4.78 is 14.7. The van der Waals surface area contributed by atoms with Gasteiger partial charge in [-0.1, -0.05) is 23.7 Å². The van der Waals surface area contributed by atoms with Crippen molar-refractivity contribution in [3.63, 3.8) is 0 Å². The van der Waals surface area contributed by atoms with Gasteiger partial charge >= 0.3 is 0 Å². The molecule has 0 fully saturated rings. The Bertz CT molecular complexity index is 1290. The molecule has 0 atom stereocenters. The first-order valence-electron chi connectivity index (χ1n) is 10.0. The molecule has 168 valence electrons. The van der Waals surface area contributed by atoms with Gasteiger partial charge in [-0.15, -0.1) is 0 Å². The number of imidazole rings is 1. The third-order valence-electron chi connectivity index (χ3n) is 4.92. The number of nitrogens with zero attached hydrogens (tertiary/aromatic N) is 4. The SMILES string of the molecule is Cc1cnc(Nc2ccc(F)cc2)nc1-n1cnc(C(=O)NCc2cccc(Cl)c2CO)c1. The second-order valence-electron chi connectivity index (χ2n) is 7.22. The number of anilines is 2. The normalized spacial score (nSPS) is 10.8. The summed E-state index contributed by atoms with van der Waals surface area (Å²) in [5.41, 5.74) is 2.91. The fourth-order valence-electron chi connectivity index (χ4n) is 3.18. The fourth-order valence-corrected chi connectivity index (χ4v) is 3.44. The molecule has 2 aromatic heterocycles. The summed E-state index contributed by atoms with van der Waals surface area (Å²) in [5, 5.41) is 15.8. The Balaban J connectivity index is 1.49. The van der Waals surface area contributed by atoms with E-state index in [-0.39, 0.29) is 30.6 Å². The number of aliphatic hydroxyl groups is 1. The third-order valence-corrected chi connectivity index (χ3v) is 5.27. The number of rotatable bonds is 7. The van der Waals surface area contributed by atoms with Crippen molar-refractivity contribution in [1.82, 2.24) is 24.8 Å². The second-order valence-corrected chi connectivity index (χ2v) is 7.62. The van der Waals surface area contributed by atoms with Crippen LogP contribution in [0.2, 0.25) is 5.02 Å². The van der Waals surface area contributed by atoms with E-state index in [1.807, 2.05) is 6.92 Å². The molecule has 0 spiro atoms. The number of hydrogen-bond acceptors (Lipinski definition) is 6. The Kier molecular flexibility index (Phi) is 6.62. The maximum atomic E-state index is 13.1. The number of carbonyl (C=O) groups is 1. The Morgan fingerprint density at radius 3 is 2.73 bits per heavy atom. The van der Waals surface area contributed by atoms with E-state index in [9.17, 15) is 14.3 Å². The zero-order chi connectivity index (χ0) is 23.4. The number of aromatic nitrogens is 4. The van der Waals surface area contributed by atoms with Crippen LogP contribution in [0.15, 0.2) is 61.2 Å². The van der Waals surface area contributed by atoms with E-state index < -0.39 is 0 Å². The molecule has 0 aliphatic carbocycles. The number of aryl methyl sites for hydroxylation is 1. The molecule has 33 heavy (non-hydrogen) atoms. The number of aliphatic hydroxyl groups excluding tert-OH is 1. The van der Waals surface area contributed by atoms with E-state index in [2.05, 4.69) is 25.6 Å². The van der Waals surface area contributed by atoms with Gasteiger partial charge in [0.1, 0.15) is 23.7 Å². The first kappa shape index (κ1) is 22.4. The van der Waals surface area contributed by atoms with Gasteiger partial charge in [-0.2, -0.15) is 4.98 Å². The molecule has 0 radical (unpaired) electrons. The standard InChI is InChI=1S/C23H20ClFN6O2/c1-14-9-27-23(29-17-7-5-16(25)6-8-17)30-21(14)31-11-20(28-13-31)22(33)26-10-15-3-2-4-19(24)18(15)12-32/h2-9,11,13,32H,10,12H2,1H3,(H,26,33)(H,27,29,30). The van der Waals surface area contributed by atoms with Crippen LogP contribution >= 0.6 is 11.6 Å². The van der Waals surface area contributed by atoms with Crippen LogP contribution in [0.1, 0.15) is 27.2 Å². The third kappa shape index (κ3) is 5.16. The van der Waals surface area contributed by atoms with Gasteiger partial charge in [0, 0.05) is 40.8 Å². The molecule has 0 bridgehead atoms. The largest absolute Gasteiger partial charge is 0.392 e. The smallest absolute Gasteiger partial charge is 0.271 e. The molecule has 2 aromatic carbocycles. The van der Waals surface area contributed by atoms with E-state index in [0.29, 0.717) is 28.0 Å². The highest BCUT2D eigenvalue weighted by Crippen LogP contribution is 2.20. The van der Waals surface area contributed by atoms with Crippen molar-refractivity contribution in [2.45, 2.75) is 20.1 Å². The summed E-state index contributed by atoms with van der Waals surface area (Å²) in [4.78, 5) is 25.5. The highest BCUT2D eigenvalue weighted by Gasteiger charge is 2.14. The van der Waals surface area contributed by atoms with E-state index in [0.717, 1.165) is 11.1 Å². The Hall–Kier alpha value is -3.82. The molecule has 1 amide bonds. The molecular formula is C23H20ClFN6O2. The summed E-state index contributed by atoms with van der Waals surface area (Å²) in [7, 11) is 0. The Morgan fingerprint density at radius 1 is 1.18 bits per heavy atom. The lowest BCUT2D eigenvalue weighted by Crippen LogP contribution is -2.23. The van der Waals surface area contributed by atoms with Gasteiger partial charge in [0.15, 0.2) is 0 Å². The maximum Gasteiger partial charge on any atom is 0.271 e. The molecular weight excluding hydrogens is 447 g/mol. The molecule has 2 heterocycles. The minimum absolute atomic E-state index is 0.195. The Morgan fingerprint density at radius 2 is 1.97 bits per heavy atom. The molecule has 4 rings (SSSR count). The second kappa shape index (κ2) is 9.76. The summed E-state index contributed by atoms with van der Waals surface area (Å²) in [6.07, 6.45) is 4.70. The topological polar surface area (TPSA) is 105 Å². The lowest BCUT2D eigenvalue weighted by molar-refractivity contribution is 0.0946. The molecule has 0 unspecified atom stereocenters. The first-order chi connectivity index (χ1) is 15.9. The van der Waals surface area contributed by atoms with Crippen LogP contribution in [0.3, 0.4) is 0 Å². The van der Waals surface area contributed by atoms with E-state index in [1.165, 1.54) is 18.5 Å².